The first-order valence-electron chi connectivity index (χ1n) is 11.4. The van der Waals surface area contributed by atoms with Gasteiger partial charge in [-0.25, -0.2) is 0 Å². The maximum atomic E-state index is 10.2. The fourth-order valence-corrected chi connectivity index (χ4v) is 5.55. The van der Waals surface area contributed by atoms with Gasteiger partial charge in [0.25, 0.3) is 0 Å². The molecule has 1 N–H and O–H groups in total. The largest absolute Gasteiger partial charge is 0.491 e. The predicted octanol–water partition coefficient (Wildman–Crippen LogP) is 3.87. The minimum atomic E-state index is -0.361. The normalized spacial score (nSPS) is 12.1. The lowest BCUT2D eigenvalue weighted by atomic mass is 10.0. The first-order chi connectivity index (χ1) is 14.3. The van der Waals surface area contributed by atoms with E-state index in [1.807, 2.05) is 12.1 Å². The summed E-state index contributed by atoms with van der Waals surface area (Å²) >= 11 is -0.131. The van der Waals surface area contributed by atoms with Crippen molar-refractivity contribution in [2.24, 2.45) is 0 Å². The van der Waals surface area contributed by atoms with Crippen LogP contribution in [0.15, 0.2) is 54.6 Å². The van der Waals surface area contributed by atoms with Crippen LogP contribution in [0.3, 0.4) is 0 Å². The molecule has 1 atom stereocenters. The summed E-state index contributed by atoms with van der Waals surface area (Å²) < 4.78 is 8.58. The molecule has 0 aliphatic carbocycles. The third-order valence-corrected chi connectivity index (χ3v) is 7.78. The van der Waals surface area contributed by atoms with Crippen LogP contribution in [-0.4, -0.2) is 17.8 Å². The van der Waals surface area contributed by atoms with Gasteiger partial charge in [-0.3, -0.25) is 0 Å². The molecule has 0 bridgehead atoms. The molecule has 2 aromatic carbocycles. The summed E-state index contributed by atoms with van der Waals surface area (Å²) in [5.74, 6) is 0.855. The van der Waals surface area contributed by atoms with E-state index in [9.17, 15) is 5.11 Å². The summed E-state index contributed by atoms with van der Waals surface area (Å²) in [7, 11) is 0. The third kappa shape index (κ3) is 11.6. The molecule has 0 fully saturated rings. The zero-order valence-electron chi connectivity index (χ0n) is 18.0. The molecule has 160 valence electrons. The Morgan fingerprint density at radius 2 is 1.28 bits per heavy atom. The van der Waals surface area contributed by atoms with Gasteiger partial charge < -0.3 is 9.84 Å². The minimum Gasteiger partial charge on any atom is -0.491 e. The Morgan fingerprint density at radius 3 is 1.90 bits per heavy atom. The van der Waals surface area contributed by atoms with Crippen molar-refractivity contribution in [3.8, 4) is 5.75 Å². The predicted molar refractivity (Wildman–Crippen MR) is 118 cm³/mol. The van der Waals surface area contributed by atoms with Gasteiger partial charge in [-0.15, -0.1) is 0 Å². The second kappa shape index (κ2) is 15.7. The highest BCUT2D eigenvalue weighted by Crippen LogP contribution is 2.13. The topological polar surface area (TPSA) is 29.5 Å². The van der Waals surface area contributed by atoms with Crippen LogP contribution in [0.4, 0.5) is 0 Å². The quantitative estimate of drug-likeness (QED) is 0.275. The third-order valence-electron chi connectivity index (χ3n) is 5.10. The molecular formula is C26H38IO2+. The molecule has 0 saturated heterocycles. The van der Waals surface area contributed by atoms with Crippen LogP contribution in [0.2, 0.25) is 0 Å². The van der Waals surface area contributed by atoms with Crippen LogP contribution in [0.25, 0.3) is 0 Å². The van der Waals surface area contributed by atoms with E-state index in [4.69, 9.17) is 4.74 Å². The molecule has 0 heterocycles. The van der Waals surface area contributed by atoms with Crippen LogP contribution in [0.1, 0.15) is 77.6 Å². The van der Waals surface area contributed by atoms with Crippen LogP contribution < -0.4 is 25.9 Å². The maximum absolute atomic E-state index is 10.2. The van der Waals surface area contributed by atoms with Gasteiger partial charge in [0.1, 0.15) is 12.4 Å². The molecule has 29 heavy (non-hydrogen) atoms. The zero-order valence-corrected chi connectivity index (χ0v) is 20.1. The lowest BCUT2D eigenvalue weighted by molar-refractivity contribution is -0.597. The summed E-state index contributed by atoms with van der Waals surface area (Å²) in [6.07, 6.45) is 13.7. The molecule has 0 saturated carbocycles. The molecule has 1 unspecified atom stereocenters. The summed E-state index contributed by atoms with van der Waals surface area (Å²) in [6.45, 7) is 2.66. The van der Waals surface area contributed by atoms with Gasteiger partial charge in [-0.1, -0.05) is 89.3 Å². The van der Waals surface area contributed by atoms with Crippen molar-refractivity contribution in [2.45, 2.75) is 83.7 Å². The number of rotatable bonds is 16. The monoisotopic (exact) mass is 509 g/mol. The van der Waals surface area contributed by atoms with E-state index in [0.717, 1.165) is 18.6 Å². The number of unbranched alkanes of at least 4 members (excludes halogenated alkanes) is 9. The number of aliphatic hydroxyl groups excluding tert-OH is 1. The second-order valence-corrected chi connectivity index (χ2v) is 10.8. The fraction of sp³-hybridized carbons (Fsp3) is 0.538. The molecule has 0 aliphatic rings. The molecule has 3 heteroatoms. The molecule has 0 amide bonds. The molecule has 2 aromatic rings. The van der Waals surface area contributed by atoms with Crippen molar-refractivity contribution in [2.75, 3.05) is 6.61 Å². The van der Waals surface area contributed by atoms with Crippen molar-refractivity contribution < 1.29 is 31.0 Å². The van der Waals surface area contributed by atoms with Crippen molar-refractivity contribution in [1.29, 1.82) is 0 Å². The van der Waals surface area contributed by atoms with E-state index in [1.54, 1.807) is 0 Å². The Balaban J connectivity index is 1.50. The van der Waals surface area contributed by atoms with E-state index in [0.29, 0.717) is 6.61 Å². The highest BCUT2D eigenvalue weighted by Gasteiger charge is 2.14. The van der Waals surface area contributed by atoms with Crippen LogP contribution in [0, 0.1) is 7.14 Å². The van der Waals surface area contributed by atoms with E-state index >= 15 is 0 Å². The van der Waals surface area contributed by atoms with Gasteiger partial charge >= 0.3 is 21.2 Å². The molecule has 0 aliphatic heterocycles. The summed E-state index contributed by atoms with van der Waals surface area (Å²) in [5.41, 5.74) is 0. The Morgan fingerprint density at radius 1 is 0.724 bits per heavy atom. The SMILES string of the molecule is CCCCCCCCCCCCC(O)COc1ccc([I+]c2ccccc2)cc1. The smallest absolute Gasteiger partial charge is 0.357 e. The van der Waals surface area contributed by atoms with Crippen molar-refractivity contribution in [3.05, 3.63) is 61.7 Å². The maximum Gasteiger partial charge on any atom is 0.357 e. The number of halogens is 1. The van der Waals surface area contributed by atoms with Crippen LogP contribution in [-0.2, 0) is 0 Å². The van der Waals surface area contributed by atoms with Gasteiger partial charge in [-0.05, 0) is 42.8 Å². The molecule has 0 radical (unpaired) electrons. The summed E-state index contributed by atoms with van der Waals surface area (Å²) in [6, 6.07) is 19.0. The fourth-order valence-electron chi connectivity index (χ4n) is 3.34. The first kappa shape index (κ1) is 24.2. The summed E-state index contributed by atoms with van der Waals surface area (Å²) in [4.78, 5) is 0. The van der Waals surface area contributed by atoms with Gasteiger partial charge in [-0.2, -0.15) is 0 Å². The Bertz CT molecular complexity index is 627. The molecule has 2 nitrogen and oxygen atoms in total. The Kier molecular flexibility index (Phi) is 13.1. The van der Waals surface area contributed by atoms with E-state index in [-0.39, 0.29) is 27.3 Å². The number of aliphatic hydroxyl groups is 1. The van der Waals surface area contributed by atoms with Crippen molar-refractivity contribution in [1.82, 2.24) is 0 Å². The number of hydrogen-bond donors (Lipinski definition) is 1. The van der Waals surface area contributed by atoms with Crippen molar-refractivity contribution in [3.63, 3.8) is 0 Å². The van der Waals surface area contributed by atoms with Gasteiger partial charge in [0.2, 0.25) is 0 Å². The standard InChI is InChI=1S/C26H38IO2/c1-2-3-4-5-6-7-8-9-10-14-17-25(28)22-29-26-20-18-24(19-21-26)27-23-15-12-11-13-16-23/h11-13,15-16,18-21,25,28H,2-10,14,17,22H2,1H3/q+1. The molecule has 2 rings (SSSR count). The highest BCUT2D eigenvalue weighted by molar-refractivity contribution is 5.20. The zero-order chi connectivity index (χ0) is 20.6. The minimum absolute atomic E-state index is 0.131. The summed E-state index contributed by atoms with van der Waals surface area (Å²) in [5, 5.41) is 10.2. The molecule has 0 spiro atoms. The Hall–Kier alpha value is -1.07. The van der Waals surface area contributed by atoms with E-state index in [2.05, 4.69) is 49.4 Å². The van der Waals surface area contributed by atoms with Crippen LogP contribution in [0.5, 0.6) is 5.75 Å². The van der Waals surface area contributed by atoms with Gasteiger partial charge in [0.05, 0.1) is 6.10 Å². The van der Waals surface area contributed by atoms with Crippen LogP contribution >= 0.6 is 0 Å². The molecular weight excluding hydrogens is 471 g/mol. The average molecular weight is 509 g/mol. The Labute approximate surface area is 188 Å². The van der Waals surface area contributed by atoms with Crippen molar-refractivity contribution >= 4 is 0 Å². The first-order valence-corrected chi connectivity index (χ1v) is 13.5. The number of ether oxygens (including phenoxy) is 1. The van der Waals surface area contributed by atoms with E-state index < -0.39 is 0 Å². The highest BCUT2D eigenvalue weighted by atomic mass is 127. The lowest BCUT2D eigenvalue weighted by Crippen LogP contribution is -3.61. The molecule has 0 aromatic heterocycles. The lowest BCUT2D eigenvalue weighted by Gasteiger charge is -2.12. The number of hydrogen-bond acceptors (Lipinski definition) is 2. The van der Waals surface area contributed by atoms with Gasteiger partial charge in [0.15, 0.2) is 7.14 Å². The average Bonchev–Trinajstić information content (AvgIpc) is 2.75. The number of benzene rings is 2. The van der Waals surface area contributed by atoms with E-state index in [1.165, 1.54) is 64.9 Å². The second-order valence-electron chi connectivity index (χ2n) is 7.78. The van der Waals surface area contributed by atoms with Gasteiger partial charge in [0, 0.05) is 0 Å².